The summed E-state index contributed by atoms with van der Waals surface area (Å²) in [6, 6.07) is 14.2. The molecule has 24 heavy (non-hydrogen) atoms. The zero-order valence-electron chi connectivity index (χ0n) is 14.0. The van der Waals surface area contributed by atoms with Crippen molar-refractivity contribution in [2.24, 2.45) is 5.92 Å². The summed E-state index contributed by atoms with van der Waals surface area (Å²) in [5, 5.41) is 11.7. The maximum absolute atomic E-state index is 14.0. The summed E-state index contributed by atoms with van der Waals surface area (Å²) < 4.78 is 19.4. The summed E-state index contributed by atoms with van der Waals surface area (Å²) in [5.74, 6) is 0.191. The van der Waals surface area contributed by atoms with E-state index < -0.39 is 6.10 Å². The van der Waals surface area contributed by atoms with E-state index in [1.165, 1.54) is 13.2 Å². The van der Waals surface area contributed by atoms with Crippen molar-refractivity contribution in [2.75, 3.05) is 7.11 Å². The highest BCUT2D eigenvalue weighted by atomic mass is 19.1. The molecular formula is C20H20FNO2. The number of rotatable bonds is 4. The fraction of sp³-hybridized carbons (Fsp3) is 0.250. The number of fused-ring (bicyclic) bond motifs is 1. The predicted octanol–water partition coefficient (Wildman–Crippen LogP) is 4.74. The average molecular weight is 325 g/mol. The first kappa shape index (κ1) is 16.4. The van der Waals surface area contributed by atoms with Gasteiger partial charge in [-0.25, -0.2) is 9.37 Å². The van der Waals surface area contributed by atoms with Gasteiger partial charge in [0, 0.05) is 16.5 Å². The van der Waals surface area contributed by atoms with Crippen LogP contribution in [0.4, 0.5) is 4.39 Å². The lowest BCUT2D eigenvalue weighted by Crippen LogP contribution is -2.08. The molecule has 3 rings (SSSR count). The molecule has 0 aliphatic carbocycles. The summed E-state index contributed by atoms with van der Waals surface area (Å²) in [5.41, 5.74) is 2.14. The Kier molecular flexibility index (Phi) is 4.49. The minimum atomic E-state index is -0.643. The van der Waals surface area contributed by atoms with Gasteiger partial charge in [-0.15, -0.1) is 0 Å². The number of hydrogen-bond donors (Lipinski definition) is 1. The molecule has 3 nitrogen and oxygen atoms in total. The van der Waals surface area contributed by atoms with Crippen LogP contribution >= 0.6 is 0 Å². The molecule has 1 heterocycles. The summed E-state index contributed by atoms with van der Waals surface area (Å²) in [6.45, 7) is 3.87. The average Bonchev–Trinajstić information content (AvgIpc) is 2.60. The van der Waals surface area contributed by atoms with Gasteiger partial charge in [-0.2, -0.15) is 0 Å². The minimum Gasteiger partial charge on any atom is -0.481 e. The van der Waals surface area contributed by atoms with Crippen LogP contribution in [0.2, 0.25) is 0 Å². The monoisotopic (exact) mass is 325 g/mol. The normalized spacial score (nSPS) is 12.6. The largest absolute Gasteiger partial charge is 0.481 e. The number of methoxy groups -OCH3 is 1. The quantitative estimate of drug-likeness (QED) is 0.753. The number of benzene rings is 2. The number of hydrogen-bond acceptors (Lipinski definition) is 3. The molecular weight excluding hydrogens is 305 g/mol. The lowest BCUT2D eigenvalue weighted by Gasteiger charge is -2.18. The van der Waals surface area contributed by atoms with Gasteiger partial charge >= 0.3 is 0 Å². The zero-order valence-corrected chi connectivity index (χ0v) is 14.0. The van der Waals surface area contributed by atoms with Crippen molar-refractivity contribution < 1.29 is 14.2 Å². The van der Waals surface area contributed by atoms with E-state index in [4.69, 9.17) is 4.74 Å². The smallest absolute Gasteiger partial charge is 0.219 e. The molecule has 1 unspecified atom stereocenters. The molecule has 0 amide bonds. The molecule has 4 heteroatoms. The number of pyridine rings is 1. The first-order valence-electron chi connectivity index (χ1n) is 7.93. The second-order valence-corrected chi connectivity index (χ2v) is 6.16. The summed E-state index contributed by atoms with van der Waals surface area (Å²) in [6.07, 6.45) is -0.643. The number of halogens is 1. The second kappa shape index (κ2) is 6.57. The molecule has 3 aromatic rings. The van der Waals surface area contributed by atoms with Gasteiger partial charge in [-0.3, -0.25) is 0 Å². The van der Waals surface area contributed by atoms with Gasteiger partial charge < -0.3 is 9.84 Å². The van der Waals surface area contributed by atoms with Gasteiger partial charge in [0.25, 0.3) is 0 Å². The Bertz CT molecular complexity index is 877. The van der Waals surface area contributed by atoms with E-state index in [0.29, 0.717) is 22.5 Å². The fourth-order valence-electron chi connectivity index (χ4n) is 2.75. The Morgan fingerprint density at radius 2 is 1.88 bits per heavy atom. The van der Waals surface area contributed by atoms with Gasteiger partial charge in [0.1, 0.15) is 5.82 Å². The molecule has 1 atom stereocenters. The van der Waals surface area contributed by atoms with Gasteiger partial charge in [0.15, 0.2) is 0 Å². The number of nitrogens with zero attached hydrogens (tertiary/aromatic N) is 1. The van der Waals surface area contributed by atoms with Crippen molar-refractivity contribution in [1.29, 1.82) is 0 Å². The van der Waals surface area contributed by atoms with Crippen molar-refractivity contribution in [3.8, 4) is 17.1 Å². The highest BCUT2D eigenvalue weighted by molar-refractivity contribution is 5.87. The molecule has 0 fully saturated rings. The third-order valence-corrected chi connectivity index (χ3v) is 4.16. The van der Waals surface area contributed by atoms with Crippen LogP contribution in [0, 0.1) is 11.7 Å². The number of aromatic nitrogens is 1. The molecule has 0 aliphatic rings. The first-order valence-corrected chi connectivity index (χ1v) is 7.93. The Morgan fingerprint density at radius 1 is 1.08 bits per heavy atom. The van der Waals surface area contributed by atoms with E-state index in [1.807, 2.05) is 44.2 Å². The van der Waals surface area contributed by atoms with Crippen molar-refractivity contribution in [2.45, 2.75) is 20.0 Å². The van der Waals surface area contributed by atoms with Crippen LogP contribution < -0.4 is 4.74 Å². The molecule has 0 aliphatic heterocycles. The van der Waals surface area contributed by atoms with E-state index in [1.54, 1.807) is 12.1 Å². The summed E-state index contributed by atoms with van der Waals surface area (Å²) in [4.78, 5) is 4.50. The van der Waals surface area contributed by atoms with E-state index in [0.717, 1.165) is 10.9 Å². The Balaban J connectivity index is 2.08. The van der Waals surface area contributed by atoms with Crippen LogP contribution in [0.3, 0.4) is 0 Å². The van der Waals surface area contributed by atoms with E-state index in [9.17, 15) is 9.50 Å². The van der Waals surface area contributed by atoms with Crippen LogP contribution in [0.5, 0.6) is 5.88 Å². The first-order chi connectivity index (χ1) is 11.5. The molecule has 1 aromatic heterocycles. The van der Waals surface area contributed by atoms with Crippen molar-refractivity contribution in [3.05, 3.63) is 59.9 Å². The molecule has 0 saturated carbocycles. The number of aliphatic hydroxyl groups is 1. The topological polar surface area (TPSA) is 42.4 Å². The Labute approximate surface area is 140 Å². The Hall–Kier alpha value is -2.46. The standard InChI is InChI=1S/C20H20FNO2/c1-12(2)19(23)15-9-10-18(22-20(15)24-3)14-8-7-13-5-4-6-17(21)16(13)11-14/h4-12,19,23H,1-3H3. The Morgan fingerprint density at radius 3 is 2.58 bits per heavy atom. The minimum absolute atomic E-state index is 0.0568. The van der Waals surface area contributed by atoms with Gasteiger partial charge in [-0.05, 0) is 35.6 Å². The third-order valence-electron chi connectivity index (χ3n) is 4.16. The maximum Gasteiger partial charge on any atom is 0.219 e. The van der Waals surface area contributed by atoms with Crippen LogP contribution in [0.25, 0.3) is 22.0 Å². The highest BCUT2D eigenvalue weighted by Gasteiger charge is 2.18. The maximum atomic E-state index is 14.0. The lowest BCUT2D eigenvalue weighted by molar-refractivity contribution is 0.123. The van der Waals surface area contributed by atoms with Crippen molar-refractivity contribution in [1.82, 2.24) is 4.98 Å². The van der Waals surface area contributed by atoms with Gasteiger partial charge in [0.2, 0.25) is 5.88 Å². The van der Waals surface area contributed by atoms with Crippen molar-refractivity contribution >= 4 is 10.8 Å². The fourth-order valence-corrected chi connectivity index (χ4v) is 2.75. The highest BCUT2D eigenvalue weighted by Crippen LogP contribution is 2.32. The third kappa shape index (κ3) is 2.97. The van der Waals surface area contributed by atoms with E-state index in [-0.39, 0.29) is 11.7 Å². The summed E-state index contributed by atoms with van der Waals surface area (Å²) in [7, 11) is 1.53. The van der Waals surface area contributed by atoms with Crippen LogP contribution in [-0.4, -0.2) is 17.2 Å². The van der Waals surface area contributed by atoms with Crippen molar-refractivity contribution in [3.63, 3.8) is 0 Å². The molecule has 0 saturated heterocycles. The summed E-state index contributed by atoms with van der Waals surface area (Å²) >= 11 is 0. The van der Waals surface area contributed by atoms with Crippen LogP contribution in [0.15, 0.2) is 48.5 Å². The molecule has 0 radical (unpaired) electrons. The number of ether oxygens (including phenoxy) is 1. The molecule has 1 N–H and O–H groups in total. The molecule has 0 spiro atoms. The zero-order chi connectivity index (χ0) is 17.3. The lowest BCUT2D eigenvalue weighted by atomic mass is 9.98. The SMILES string of the molecule is COc1nc(-c2ccc3cccc(F)c3c2)ccc1C(O)C(C)C. The number of aliphatic hydroxyl groups excluding tert-OH is 1. The molecule has 0 bridgehead atoms. The molecule has 124 valence electrons. The van der Waals surface area contributed by atoms with Crippen LogP contribution in [-0.2, 0) is 0 Å². The second-order valence-electron chi connectivity index (χ2n) is 6.16. The van der Waals surface area contributed by atoms with E-state index in [2.05, 4.69) is 4.98 Å². The molecule has 2 aromatic carbocycles. The van der Waals surface area contributed by atoms with Crippen LogP contribution in [0.1, 0.15) is 25.5 Å². The van der Waals surface area contributed by atoms with E-state index >= 15 is 0 Å². The predicted molar refractivity (Wildman–Crippen MR) is 93.5 cm³/mol. The van der Waals surface area contributed by atoms with Gasteiger partial charge in [0.05, 0.1) is 18.9 Å². The van der Waals surface area contributed by atoms with Gasteiger partial charge in [-0.1, -0.05) is 38.1 Å².